The van der Waals surface area contributed by atoms with Crippen molar-refractivity contribution >= 4 is 0 Å². The molecule has 0 aromatic rings. The van der Waals surface area contributed by atoms with Gasteiger partial charge in [0.05, 0.1) is 0 Å². The summed E-state index contributed by atoms with van der Waals surface area (Å²) in [6.07, 6.45) is 5.01. The van der Waals surface area contributed by atoms with Crippen LogP contribution in [0.25, 0.3) is 0 Å². The maximum Gasteiger partial charge on any atom is -0.00213 e. The highest BCUT2D eigenvalue weighted by molar-refractivity contribution is 4.55. The monoisotopic (exact) mass is 215 g/mol. The minimum atomic E-state index is 0.829. The number of unbranched alkanes of at least 4 members (excludes halogenated alkanes) is 2. The van der Waals surface area contributed by atoms with Gasteiger partial charge in [0.2, 0.25) is 0 Å². The lowest BCUT2D eigenvalue weighted by atomic mass is 10.2. The highest BCUT2D eigenvalue weighted by Crippen LogP contribution is 1.97. The second-order valence-electron chi connectivity index (χ2n) is 4.40. The Kier molecular flexibility index (Phi) is 10.3. The van der Waals surface area contributed by atoms with Gasteiger partial charge < -0.3 is 15.5 Å². The molecule has 0 radical (unpaired) electrons. The lowest BCUT2D eigenvalue weighted by Crippen LogP contribution is -2.23. The third kappa shape index (κ3) is 10.2. The molecule has 0 amide bonds. The first-order valence-electron chi connectivity index (χ1n) is 6.27. The molecule has 0 saturated heterocycles. The molecule has 0 rings (SSSR count). The average Bonchev–Trinajstić information content (AvgIpc) is 2.24. The Morgan fingerprint density at radius 2 is 1.27 bits per heavy atom. The first-order valence-corrected chi connectivity index (χ1v) is 6.27. The van der Waals surface area contributed by atoms with E-state index in [1.807, 2.05) is 0 Å². The van der Waals surface area contributed by atoms with Crippen molar-refractivity contribution in [2.75, 3.05) is 46.8 Å². The number of hydrogen-bond acceptors (Lipinski definition) is 3. The molecule has 0 spiro atoms. The Hall–Kier alpha value is -0.120. The molecule has 0 aromatic heterocycles. The second-order valence-corrected chi connectivity index (χ2v) is 4.40. The Labute approximate surface area is 95.6 Å². The van der Waals surface area contributed by atoms with Gasteiger partial charge in [-0.2, -0.15) is 0 Å². The summed E-state index contributed by atoms with van der Waals surface area (Å²) < 4.78 is 0. The molecule has 15 heavy (non-hydrogen) atoms. The Balaban J connectivity index is 3.19. The summed E-state index contributed by atoms with van der Waals surface area (Å²) in [6.45, 7) is 7.84. The highest BCUT2D eigenvalue weighted by Gasteiger charge is 1.98. The summed E-state index contributed by atoms with van der Waals surface area (Å²) >= 11 is 0. The van der Waals surface area contributed by atoms with Crippen molar-refractivity contribution in [3.05, 3.63) is 0 Å². The van der Waals surface area contributed by atoms with E-state index in [-0.39, 0.29) is 0 Å². The smallest absolute Gasteiger partial charge is 0.00213 e. The van der Waals surface area contributed by atoms with E-state index in [4.69, 9.17) is 5.73 Å². The molecule has 0 bridgehead atoms. The van der Waals surface area contributed by atoms with Crippen LogP contribution in [0.3, 0.4) is 0 Å². The zero-order valence-electron chi connectivity index (χ0n) is 10.8. The Morgan fingerprint density at radius 1 is 0.800 bits per heavy atom. The molecule has 0 aliphatic heterocycles. The predicted octanol–water partition coefficient (Wildman–Crippen LogP) is 1.39. The largest absolute Gasteiger partial charge is 0.330 e. The molecular formula is C12H29N3. The number of nitrogens with two attached hydrogens (primary N) is 1. The van der Waals surface area contributed by atoms with Crippen LogP contribution in [0.1, 0.15) is 32.6 Å². The summed E-state index contributed by atoms with van der Waals surface area (Å²) in [5, 5.41) is 0. The molecule has 0 saturated carbocycles. The fourth-order valence-electron chi connectivity index (χ4n) is 1.56. The van der Waals surface area contributed by atoms with Crippen LogP contribution >= 0.6 is 0 Å². The first kappa shape index (κ1) is 14.9. The highest BCUT2D eigenvalue weighted by atomic mass is 15.1. The van der Waals surface area contributed by atoms with Crippen LogP contribution in [0, 0.1) is 0 Å². The molecule has 0 fully saturated rings. The summed E-state index contributed by atoms with van der Waals surface area (Å²) in [4.78, 5) is 4.79. The summed E-state index contributed by atoms with van der Waals surface area (Å²) in [7, 11) is 4.39. The van der Waals surface area contributed by atoms with Gasteiger partial charge in [0.15, 0.2) is 0 Å². The topological polar surface area (TPSA) is 32.5 Å². The van der Waals surface area contributed by atoms with E-state index in [9.17, 15) is 0 Å². The SMILES string of the molecule is CCN(C)CCCCN(C)CCCCN. The van der Waals surface area contributed by atoms with E-state index in [0.717, 1.165) is 19.5 Å². The summed E-state index contributed by atoms with van der Waals surface area (Å²) in [6, 6.07) is 0. The molecule has 0 aliphatic carbocycles. The summed E-state index contributed by atoms with van der Waals surface area (Å²) in [5.41, 5.74) is 5.46. The van der Waals surface area contributed by atoms with Gasteiger partial charge in [-0.05, 0) is 72.5 Å². The van der Waals surface area contributed by atoms with Crippen LogP contribution in [0.15, 0.2) is 0 Å². The van der Waals surface area contributed by atoms with Crippen molar-refractivity contribution in [2.45, 2.75) is 32.6 Å². The minimum absolute atomic E-state index is 0.829. The van der Waals surface area contributed by atoms with E-state index in [2.05, 4.69) is 30.8 Å². The maximum absolute atomic E-state index is 5.46. The van der Waals surface area contributed by atoms with Gasteiger partial charge >= 0.3 is 0 Å². The molecule has 0 aromatic carbocycles. The Bertz CT molecular complexity index is 128. The summed E-state index contributed by atoms with van der Waals surface area (Å²) in [5.74, 6) is 0. The van der Waals surface area contributed by atoms with E-state index in [0.29, 0.717) is 0 Å². The zero-order valence-corrected chi connectivity index (χ0v) is 10.8. The van der Waals surface area contributed by atoms with E-state index >= 15 is 0 Å². The van der Waals surface area contributed by atoms with E-state index < -0.39 is 0 Å². The van der Waals surface area contributed by atoms with Gasteiger partial charge in [0.1, 0.15) is 0 Å². The van der Waals surface area contributed by atoms with E-state index in [1.165, 1.54) is 38.9 Å². The molecular weight excluding hydrogens is 186 g/mol. The van der Waals surface area contributed by atoms with Gasteiger partial charge in [-0.3, -0.25) is 0 Å². The number of hydrogen-bond donors (Lipinski definition) is 1. The molecule has 3 heteroatoms. The molecule has 0 atom stereocenters. The molecule has 2 N–H and O–H groups in total. The van der Waals surface area contributed by atoms with Crippen LogP contribution in [-0.2, 0) is 0 Å². The van der Waals surface area contributed by atoms with Crippen molar-refractivity contribution in [3.63, 3.8) is 0 Å². The molecule has 0 aliphatic rings. The third-order valence-electron chi connectivity index (χ3n) is 2.86. The minimum Gasteiger partial charge on any atom is -0.330 e. The first-order chi connectivity index (χ1) is 7.20. The van der Waals surface area contributed by atoms with Crippen LogP contribution < -0.4 is 5.73 Å². The molecule has 92 valence electrons. The van der Waals surface area contributed by atoms with Crippen LogP contribution in [0.2, 0.25) is 0 Å². The normalized spacial score (nSPS) is 11.6. The molecule has 0 unspecified atom stereocenters. The van der Waals surface area contributed by atoms with Crippen LogP contribution in [-0.4, -0.2) is 56.6 Å². The lowest BCUT2D eigenvalue weighted by Gasteiger charge is -2.17. The second kappa shape index (κ2) is 10.4. The zero-order chi connectivity index (χ0) is 11.5. The molecule has 3 nitrogen and oxygen atoms in total. The third-order valence-corrected chi connectivity index (χ3v) is 2.86. The number of nitrogens with zero attached hydrogens (tertiary/aromatic N) is 2. The van der Waals surface area contributed by atoms with Gasteiger partial charge in [-0.15, -0.1) is 0 Å². The predicted molar refractivity (Wildman–Crippen MR) is 68.2 cm³/mol. The fraction of sp³-hybridized carbons (Fsp3) is 1.00. The number of rotatable bonds is 10. The Morgan fingerprint density at radius 3 is 1.73 bits per heavy atom. The van der Waals surface area contributed by atoms with Gasteiger partial charge in [0, 0.05) is 0 Å². The quantitative estimate of drug-likeness (QED) is 0.559. The van der Waals surface area contributed by atoms with Crippen molar-refractivity contribution in [3.8, 4) is 0 Å². The van der Waals surface area contributed by atoms with E-state index in [1.54, 1.807) is 0 Å². The van der Waals surface area contributed by atoms with Crippen molar-refractivity contribution in [1.82, 2.24) is 9.80 Å². The van der Waals surface area contributed by atoms with Crippen molar-refractivity contribution in [2.24, 2.45) is 5.73 Å². The van der Waals surface area contributed by atoms with Gasteiger partial charge in [-0.25, -0.2) is 0 Å². The van der Waals surface area contributed by atoms with Gasteiger partial charge in [-0.1, -0.05) is 6.92 Å². The molecule has 0 heterocycles. The van der Waals surface area contributed by atoms with Crippen LogP contribution in [0.5, 0.6) is 0 Å². The fourth-order valence-corrected chi connectivity index (χ4v) is 1.56. The van der Waals surface area contributed by atoms with Crippen molar-refractivity contribution < 1.29 is 0 Å². The maximum atomic E-state index is 5.46. The standard InChI is InChI=1S/C12H29N3/c1-4-14(2)10-7-8-12-15(3)11-6-5-9-13/h4-13H2,1-3H3. The lowest BCUT2D eigenvalue weighted by molar-refractivity contribution is 0.296. The van der Waals surface area contributed by atoms with Gasteiger partial charge in [0.25, 0.3) is 0 Å². The van der Waals surface area contributed by atoms with Crippen molar-refractivity contribution in [1.29, 1.82) is 0 Å². The van der Waals surface area contributed by atoms with Crippen LogP contribution in [0.4, 0.5) is 0 Å². The average molecular weight is 215 g/mol.